The van der Waals surface area contributed by atoms with Crippen molar-refractivity contribution in [2.75, 3.05) is 26.9 Å². The zero-order valence-electron chi connectivity index (χ0n) is 25.7. The van der Waals surface area contributed by atoms with E-state index in [0.29, 0.717) is 12.0 Å². The largest absolute Gasteiger partial charge is 0.513 e. The van der Waals surface area contributed by atoms with Gasteiger partial charge in [0.25, 0.3) is 0 Å². The molecule has 0 aliphatic carbocycles. The molecular formula is C30H47NO10. The maximum Gasteiger partial charge on any atom is 0.513 e. The van der Waals surface area contributed by atoms with Gasteiger partial charge in [-0.3, -0.25) is 9.59 Å². The second-order valence-electron chi connectivity index (χ2n) is 11.1. The van der Waals surface area contributed by atoms with E-state index in [2.05, 4.69) is 0 Å². The van der Waals surface area contributed by atoms with Gasteiger partial charge in [0, 0.05) is 12.8 Å². The van der Waals surface area contributed by atoms with E-state index in [1.165, 1.54) is 19.2 Å². The summed E-state index contributed by atoms with van der Waals surface area (Å²) in [4.78, 5) is 49.8. The van der Waals surface area contributed by atoms with Crippen LogP contribution in [-0.2, 0) is 35.0 Å². The number of nitrogens with two attached hydrogens (primary N) is 1. The number of methoxy groups -OCH3 is 1. The highest BCUT2D eigenvalue weighted by Crippen LogP contribution is 2.31. The van der Waals surface area contributed by atoms with Gasteiger partial charge >= 0.3 is 24.2 Å². The van der Waals surface area contributed by atoms with Crippen molar-refractivity contribution in [3.05, 3.63) is 23.8 Å². The van der Waals surface area contributed by atoms with E-state index in [1.807, 2.05) is 34.6 Å². The molecule has 0 aliphatic rings. The highest BCUT2D eigenvalue weighted by molar-refractivity contribution is 5.81. The van der Waals surface area contributed by atoms with Crippen molar-refractivity contribution >= 4 is 24.2 Å². The fraction of sp³-hybridized carbons (Fsp3) is 0.667. The Hall–Kier alpha value is -3.34. The maximum atomic E-state index is 12.7. The van der Waals surface area contributed by atoms with E-state index in [-0.39, 0.29) is 56.0 Å². The van der Waals surface area contributed by atoms with Gasteiger partial charge in [-0.15, -0.1) is 0 Å². The summed E-state index contributed by atoms with van der Waals surface area (Å²) in [5.41, 5.74) is 4.67. The smallest absolute Gasteiger partial charge is 0.468 e. The number of carbonyl (C=O) groups excluding carboxylic acids is 4. The van der Waals surface area contributed by atoms with Gasteiger partial charge in [0.1, 0.15) is 5.54 Å². The van der Waals surface area contributed by atoms with E-state index >= 15 is 0 Å². The minimum absolute atomic E-state index is 0.0292. The Morgan fingerprint density at radius 2 is 1.37 bits per heavy atom. The van der Waals surface area contributed by atoms with Crippen LogP contribution in [0.2, 0.25) is 0 Å². The van der Waals surface area contributed by atoms with Crippen LogP contribution in [0.5, 0.6) is 11.5 Å². The van der Waals surface area contributed by atoms with Crippen LogP contribution in [0, 0.1) is 17.3 Å². The van der Waals surface area contributed by atoms with Crippen LogP contribution < -0.4 is 15.2 Å². The molecule has 0 aromatic heterocycles. The summed E-state index contributed by atoms with van der Waals surface area (Å²) < 4.78 is 31.3. The predicted molar refractivity (Wildman–Crippen MR) is 152 cm³/mol. The fourth-order valence-corrected chi connectivity index (χ4v) is 3.22. The third kappa shape index (κ3) is 12.0. The first-order valence-corrected chi connectivity index (χ1v) is 14.1. The molecule has 0 spiro atoms. The van der Waals surface area contributed by atoms with Gasteiger partial charge in [-0.1, -0.05) is 53.5 Å². The van der Waals surface area contributed by atoms with Crippen LogP contribution in [0.1, 0.15) is 79.7 Å². The number of ether oxygens (including phenoxy) is 6. The molecule has 41 heavy (non-hydrogen) atoms. The fourth-order valence-electron chi connectivity index (χ4n) is 3.22. The summed E-state index contributed by atoms with van der Waals surface area (Å²) in [6, 6.07) is 4.38. The number of esters is 2. The highest BCUT2D eigenvalue weighted by Gasteiger charge is 2.37. The maximum absolute atomic E-state index is 12.7. The summed E-state index contributed by atoms with van der Waals surface area (Å²) >= 11 is 0. The number of hydrogen-bond donors (Lipinski definition) is 1. The Morgan fingerprint density at radius 1 is 0.829 bits per heavy atom. The standard InChI is InChI=1S/C30H47NO10/c1-9-20(4)18-38-27(34)40-23-13-12-22(16-24(23)41-28(35)39-19-21(5)10-2)17-30(31,26(33)36-8)14-15-37-25(32)29(6,7)11-3/h12-13,16,20-21H,9-11,14-15,17-19,31H2,1-8H3/t20?,21?,30-/m1/s1. The van der Waals surface area contributed by atoms with E-state index < -0.39 is 35.2 Å². The van der Waals surface area contributed by atoms with Gasteiger partial charge in [0.2, 0.25) is 0 Å². The molecule has 2 unspecified atom stereocenters. The average Bonchev–Trinajstić information content (AvgIpc) is 2.95. The van der Waals surface area contributed by atoms with Crippen LogP contribution >= 0.6 is 0 Å². The molecular weight excluding hydrogens is 534 g/mol. The lowest BCUT2D eigenvalue weighted by Crippen LogP contribution is -2.51. The first kappa shape index (κ1) is 35.7. The van der Waals surface area contributed by atoms with Crippen LogP contribution in [0.15, 0.2) is 18.2 Å². The van der Waals surface area contributed by atoms with E-state index in [9.17, 15) is 19.2 Å². The minimum atomic E-state index is -1.57. The first-order chi connectivity index (χ1) is 19.2. The van der Waals surface area contributed by atoms with Gasteiger partial charge in [0.15, 0.2) is 11.5 Å². The molecule has 0 saturated heterocycles. The second kappa shape index (κ2) is 16.8. The number of carbonyl (C=O) groups is 4. The Bertz CT molecular complexity index is 1020. The Balaban J connectivity index is 3.19. The highest BCUT2D eigenvalue weighted by atomic mass is 16.7. The third-order valence-electron chi connectivity index (χ3n) is 7.09. The molecule has 2 N–H and O–H groups in total. The number of hydrogen-bond acceptors (Lipinski definition) is 11. The van der Waals surface area contributed by atoms with E-state index in [0.717, 1.165) is 12.8 Å². The normalized spacial score (nSPS) is 14.2. The molecule has 0 saturated carbocycles. The Morgan fingerprint density at radius 3 is 1.85 bits per heavy atom. The summed E-state index contributed by atoms with van der Waals surface area (Å²) in [6.45, 7) is 13.4. The molecule has 0 bridgehead atoms. The summed E-state index contributed by atoms with van der Waals surface area (Å²) in [5.74, 6) is -1.07. The SMILES string of the molecule is CCC(C)COC(=O)Oc1ccc(C[C@](N)(CCOC(=O)C(C)(C)CC)C(=O)OC)cc1OC(=O)OCC(C)CC. The lowest BCUT2D eigenvalue weighted by Gasteiger charge is -2.28. The van der Waals surface area contributed by atoms with Crippen molar-refractivity contribution in [1.29, 1.82) is 0 Å². The Labute approximate surface area is 243 Å². The van der Waals surface area contributed by atoms with E-state index in [1.54, 1.807) is 19.9 Å². The van der Waals surface area contributed by atoms with E-state index in [4.69, 9.17) is 34.2 Å². The monoisotopic (exact) mass is 581 g/mol. The molecule has 1 rings (SSSR count). The summed E-state index contributed by atoms with van der Waals surface area (Å²) in [6.07, 6.45) is 0.155. The molecule has 3 atom stereocenters. The van der Waals surface area contributed by atoms with Gasteiger partial charge in [-0.2, -0.15) is 0 Å². The quantitative estimate of drug-likeness (QED) is 0.148. The van der Waals surface area contributed by atoms with Crippen LogP contribution in [-0.4, -0.2) is 56.7 Å². The van der Waals surface area contributed by atoms with Crippen LogP contribution in [0.25, 0.3) is 0 Å². The predicted octanol–water partition coefficient (Wildman–Crippen LogP) is 5.59. The first-order valence-electron chi connectivity index (χ1n) is 14.1. The number of benzene rings is 1. The summed E-state index contributed by atoms with van der Waals surface area (Å²) in [5, 5.41) is 0. The number of rotatable bonds is 16. The van der Waals surface area contributed by atoms with Gasteiger partial charge in [-0.25, -0.2) is 9.59 Å². The second-order valence-corrected chi connectivity index (χ2v) is 11.1. The molecule has 0 aliphatic heterocycles. The van der Waals surface area contributed by atoms with Crippen molar-refractivity contribution in [2.24, 2.45) is 23.0 Å². The molecule has 1 aromatic rings. The lowest BCUT2D eigenvalue weighted by molar-refractivity contribution is -0.157. The molecule has 232 valence electrons. The lowest BCUT2D eigenvalue weighted by atomic mass is 9.88. The molecule has 1 aromatic carbocycles. The third-order valence-corrected chi connectivity index (χ3v) is 7.09. The van der Waals surface area contributed by atoms with Crippen molar-refractivity contribution in [3.63, 3.8) is 0 Å². The molecule has 11 heteroatoms. The molecule has 0 radical (unpaired) electrons. The Kier molecular flexibility index (Phi) is 14.6. The summed E-state index contributed by atoms with van der Waals surface area (Å²) in [7, 11) is 1.21. The van der Waals surface area contributed by atoms with Gasteiger partial charge in [-0.05, 0) is 49.8 Å². The molecule has 11 nitrogen and oxygen atoms in total. The zero-order valence-corrected chi connectivity index (χ0v) is 25.7. The van der Waals surface area contributed by atoms with Gasteiger partial charge < -0.3 is 34.2 Å². The zero-order chi connectivity index (χ0) is 31.2. The van der Waals surface area contributed by atoms with Gasteiger partial charge in [0.05, 0.1) is 32.3 Å². The van der Waals surface area contributed by atoms with Crippen molar-refractivity contribution in [2.45, 2.75) is 86.1 Å². The van der Waals surface area contributed by atoms with Crippen molar-refractivity contribution in [1.82, 2.24) is 0 Å². The topological polar surface area (TPSA) is 150 Å². The molecule has 0 fully saturated rings. The van der Waals surface area contributed by atoms with Crippen LogP contribution in [0.4, 0.5) is 9.59 Å². The van der Waals surface area contributed by atoms with Crippen molar-refractivity contribution < 1.29 is 47.6 Å². The van der Waals surface area contributed by atoms with Crippen LogP contribution in [0.3, 0.4) is 0 Å². The molecule has 0 heterocycles. The van der Waals surface area contributed by atoms with Crippen molar-refractivity contribution in [3.8, 4) is 11.5 Å². The average molecular weight is 582 g/mol. The minimum Gasteiger partial charge on any atom is -0.468 e. The molecule has 0 amide bonds.